The molecule has 1 N–H and O–H groups in total. The van der Waals surface area contributed by atoms with Gasteiger partial charge in [0.2, 0.25) is 0 Å². The summed E-state index contributed by atoms with van der Waals surface area (Å²) >= 11 is 0. The number of hydrogen-bond acceptors (Lipinski definition) is 4. The maximum absolute atomic E-state index is 10.7. The molecular weight excluding hydrogens is 240 g/mol. The van der Waals surface area contributed by atoms with Crippen molar-refractivity contribution < 1.29 is 19.6 Å². The molecule has 0 unspecified atom stereocenters. The summed E-state index contributed by atoms with van der Waals surface area (Å²) in [5.74, 6) is 0.512. The fraction of sp³-hybridized carbons (Fsp3) is 0.364. The van der Waals surface area contributed by atoms with Crippen molar-refractivity contribution in [3.8, 4) is 5.75 Å². The second-order valence-corrected chi connectivity index (χ2v) is 4.01. The normalized spacial score (nSPS) is 18.7. The minimum absolute atomic E-state index is 0.000865. The fourth-order valence-electron chi connectivity index (χ4n) is 1.84. The predicted molar refractivity (Wildman–Crippen MR) is 61.7 cm³/mol. The SMILES string of the molecule is O=C(O)N1CC[C@@H](Oc2ccc([N+](=O)[O-])cc2)C1. The molecule has 0 bridgehead atoms. The smallest absolute Gasteiger partial charge is 0.407 e. The molecule has 1 aromatic carbocycles. The lowest BCUT2D eigenvalue weighted by molar-refractivity contribution is -0.384. The number of carbonyl (C=O) groups is 1. The monoisotopic (exact) mass is 252 g/mol. The summed E-state index contributed by atoms with van der Waals surface area (Å²) in [5.41, 5.74) is 0.000865. The maximum Gasteiger partial charge on any atom is 0.407 e. The van der Waals surface area contributed by atoms with Crippen LogP contribution in [-0.2, 0) is 0 Å². The molecule has 0 saturated carbocycles. The molecule has 1 atom stereocenters. The third-order valence-corrected chi connectivity index (χ3v) is 2.77. The zero-order valence-electron chi connectivity index (χ0n) is 9.48. The van der Waals surface area contributed by atoms with Crippen LogP contribution in [0.4, 0.5) is 10.5 Å². The molecule has 1 saturated heterocycles. The van der Waals surface area contributed by atoms with Gasteiger partial charge in [-0.3, -0.25) is 10.1 Å². The average molecular weight is 252 g/mol. The molecule has 1 aromatic rings. The van der Waals surface area contributed by atoms with Crippen LogP contribution in [0.25, 0.3) is 0 Å². The number of rotatable bonds is 3. The Morgan fingerprint density at radius 2 is 2.11 bits per heavy atom. The molecule has 2 rings (SSSR count). The lowest BCUT2D eigenvalue weighted by Crippen LogP contribution is -2.29. The van der Waals surface area contributed by atoms with Gasteiger partial charge in [0.1, 0.15) is 11.9 Å². The van der Waals surface area contributed by atoms with Crippen molar-refractivity contribution in [2.45, 2.75) is 12.5 Å². The highest BCUT2D eigenvalue weighted by atomic mass is 16.6. The highest BCUT2D eigenvalue weighted by Crippen LogP contribution is 2.21. The summed E-state index contributed by atoms with van der Waals surface area (Å²) in [5, 5.41) is 19.3. The number of non-ortho nitro benzene ring substituents is 1. The average Bonchev–Trinajstić information content (AvgIpc) is 2.78. The van der Waals surface area contributed by atoms with Crippen molar-refractivity contribution in [1.29, 1.82) is 0 Å². The molecule has 0 radical (unpaired) electrons. The number of likely N-dealkylation sites (tertiary alicyclic amines) is 1. The summed E-state index contributed by atoms with van der Waals surface area (Å²) in [7, 11) is 0. The summed E-state index contributed by atoms with van der Waals surface area (Å²) in [6.07, 6.45) is -0.518. The van der Waals surface area contributed by atoms with Gasteiger partial charge in [-0.25, -0.2) is 4.79 Å². The van der Waals surface area contributed by atoms with E-state index in [9.17, 15) is 14.9 Å². The standard InChI is InChI=1S/C11H12N2O5/c14-11(15)12-6-5-10(7-12)18-9-3-1-8(2-4-9)13(16)17/h1-4,10H,5-7H2,(H,14,15)/t10-/m1/s1. The van der Waals surface area contributed by atoms with Crippen LogP contribution in [0.5, 0.6) is 5.75 Å². The van der Waals surface area contributed by atoms with Crippen LogP contribution in [0, 0.1) is 10.1 Å². The van der Waals surface area contributed by atoms with Crippen molar-refractivity contribution in [3.63, 3.8) is 0 Å². The van der Waals surface area contributed by atoms with E-state index in [2.05, 4.69) is 0 Å². The number of carboxylic acid groups (broad SMARTS) is 1. The first kappa shape index (κ1) is 12.2. The van der Waals surface area contributed by atoms with Crippen LogP contribution >= 0.6 is 0 Å². The second-order valence-electron chi connectivity index (χ2n) is 4.01. The van der Waals surface area contributed by atoms with E-state index in [1.807, 2.05) is 0 Å². The number of nitrogens with zero attached hydrogens (tertiary/aromatic N) is 2. The van der Waals surface area contributed by atoms with E-state index in [0.717, 1.165) is 0 Å². The minimum atomic E-state index is -0.954. The molecule has 96 valence electrons. The Hall–Kier alpha value is -2.31. The molecule has 7 heteroatoms. The van der Waals surface area contributed by atoms with Crippen LogP contribution in [0.15, 0.2) is 24.3 Å². The predicted octanol–water partition coefficient (Wildman–Crippen LogP) is 1.73. The minimum Gasteiger partial charge on any atom is -0.489 e. The van der Waals surface area contributed by atoms with Gasteiger partial charge in [-0.1, -0.05) is 0 Å². The summed E-state index contributed by atoms with van der Waals surface area (Å²) in [6, 6.07) is 5.75. The van der Waals surface area contributed by atoms with Gasteiger partial charge in [-0.2, -0.15) is 0 Å². The Labute approximate surface area is 103 Å². The summed E-state index contributed by atoms with van der Waals surface area (Å²) < 4.78 is 5.56. The molecule has 1 heterocycles. The van der Waals surface area contributed by atoms with Crippen molar-refractivity contribution in [2.75, 3.05) is 13.1 Å². The van der Waals surface area contributed by atoms with Crippen LogP contribution in [0.3, 0.4) is 0 Å². The van der Waals surface area contributed by atoms with Gasteiger partial charge < -0.3 is 14.7 Å². The fourth-order valence-corrected chi connectivity index (χ4v) is 1.84. The third kappa shape index (κ3) is 2.68. The molecule has 18 heavy (non-hydrogen) atoms. The van der Waals surface area contributed by atoms with Crippen molar-refractivity contribution >= 4 is 11.8 Å². The molecule has 1 amide bonds. The Morgan fingerprint density at radius 3 is 2.61 bits per heavy atom. The Kier molecular flexibility index (Phi) is 3.31. The first-order chi connectivity index (χ1) is 8.56. The number of nitro groups is 1. The van der Waals surface area contributed by atoms with Crippen molar-refractivity contribution in [3.05, 3.63) is 34.4 Å². The van der Waals surface area contributed by atoms with Gasteiger partial charge in [0.05, 0.1) is 11.5 Å². The summed E-state index contributed by atoms with van der Waals surface area (Å²) in [4.78, 5) is 22.0. The highest BCUT2D eigenvalue weighted by Gasteiger charge is 2.27. The lowest BCUT2D eigenvalue weighted by Gasteiger charge is -2.14. The highest BCUT2D eigenvalue weighted by molar-refractivity contribution is 5.65. The largest absolute Gasteiger partial charge is 0.489 e. The molecule has 1 fully saturated rings. The van der Waals surface area contributed by atoms with Crippen LogP contribution < -0.4 is 4.74 Å². The van der Waals surface area contributed by atoms with E-state index >= 15 is 0 Å². The van der Waals surface area contributed by atoms with E-state index in [-0.39, 0.29) is 11.8 Å². The van der Waals surface area contributed by atoms with E-state index in [1.165, 1.54) is 29.2 Å². The first-order valence-electron chi connectivity index (χ1n) is 5.45. The quantitative estimate of drug-likeness (QED) is 0.653. The van der Waals surface area contributed by atoms with Gasteiger partial charge in [0.25, 0.3) is 5.69 Å². The van der Waals surface area contributed by atoms with Gasteiger partial charge in [0, 0.05) is 25.1 Å². The number of amides is 1. The topological polar surface area (TPSA) is 92.9 Å². The molecule has 0 spiro atoms. The summed E-state index contributed by atoms with van der Waals surface area (Å²) in [6.45, 7) is 0.777. The van der Waals surface area contributed by atoms with E-state index in [0.29, 0.717) is 25.3 Å². The first-order valence-corrected chi connectivity index (χ1v) is 5.45. The Morgan fingerprint density at radius 1 is 1.44 bits per heavy atom. The lowest BCUT2D eigenvalue weighted by atomic mass is 10.3. The molecule has 0 aromatic heterocycles. The van der Waals surface area contributed by atoms with Gasteiger partial charge >= 0.3 is 6.09 Å². The Bertz CT molecular complexity index is 459. The number of benzene rings is 1. The number of hydrogen-bond donors (Lipinski definition) is 1. The van der Waals surface area contributed by atoms with E-state index in [1.54, 1.807) is 0 Å². The van der Waals surface area contributed by atoms with E-state index < -0.39 is 11.0 Å². The van der Waals surface area contributed by atoms with Crippen LogP contribution in [0.1, 0.15) is 6.42 Å². The zero-order valence-corrected chi connectivity index (χ0v) is 9.48. The van der Waals surface area contributed by atoms with Crippen molar-refractivity contribution in [2.24, 2.45) is 0 Å². The molecule has 0 aliphatic carbocycles. The van der Waals surface area contributed by atoms with Crippen LogP contribution in [0.2, 0.25) is 0 Å². The third-order valence-electron chi connectivity index (χ3n) is 2.77. The van der Waals surface area contributed by atoms with Gasteiger partial charge in [-0.05, 0) is 12.1 Å². The number of nitro benzene ring substituents is 1. The molecule has 1 aliphatic rings. The van der Waals surface area contributed by atoms with Crippen molar-refractivity contribution in [1.82, 2.24) is 4.90 Å². The van der Waals surface area contributed by atoms with Gasteiger partial charge in [-0.15, -0.1) is 0 Å². The Balaban J connectivity index is 1.94. The zero-order chi connectivity index (χ0) is 13.1. The van der Waals surface area contributed by atoms with Crippen LogP contribution in [-0.4, -0.2) is 40.2 Å². The molecule has 7 nitrogen and oxygen atoms in total. The number of ether oxygens (including phenoxy) is 1. The van der Waals surface area contributed by atoms with E-state index in [4.69, 9.17) is 9.84 Å². The molecule has 1 aliphatic heterocycles. The molecular formula is C11H12N2O5. The van der Waals surface area contributed by atoms with Gasteiger partial charge in [0.15, 0.2) is 0 Å². The maximum atomic E-state index is 10.7. The second kappa shape index (κ2) is 4.91.